The third-order valence-electron chi connectivity index (χ3n) is 7.20. The summed E-state index contributed by atoms with van der Waals surface area (Å²) in [4.78, 5) is 33.8. The highest BCUT2D eigenvalue weighted by molar-refractivity contribution is 7.10. The summed E-state index contributed by atoms with van der Waals surface area (Å²) >= 11 is 1.47. The van der Waals surface area contributed by atoms with Gasteiger partial charge in [-0.25, -0.2) is 0 Å². The zero-order chi connectivity index (χ0) is 26.5. The van der Waals surface area contributed by atoms with Crippen molar-refractivity contribution in [3.8, 4) is 11.5 Å². The van der Waals surface area contributed by atoms with E-state index in [1.165, 1.54) is 17.8 Å². The number of ether oxygens (including phenoxy) is 2. The summed E-state index contributed by atoms with van der Waals surface area (Å²) in [7, 11) is 3.13. The smallest absolute Gasteiger partial charge is 0.248 e. The fourth-order valence-electron chi connectivity index (χ4n) is 5.29. The molecule has 4 aromatic rings. The van der Waals surface area contributed by atoms with Crippen molar-refractivity contribution in [2.75, 3.05) is 19.1 Å². The van der Waals surface area contributed by atoms with Crippen LogP contribution < -0.4 is 19.7 Å². The first kappa shape index (κ1) is 25.9. The van der Waals surface area contributed by atoms with Crippen LogP contribution in [0, 0.1) is 0 Å². The van der Waals surface area contributed by atoms with Gasteiger partial charge < -0.3 is 19.8 Å². The van der Waals surface area contributed by atoms with Gasteiger partial charge in [-0.1, -0.05) is 43.5 Å². The number of hydrogen-bond acceptors (Lipinski definition) is 5. The van der Waals surface area contributed by atoms with E-state index in [1.54, 1.807) is 31.3 Å². The first-order valence-corrected chi connectivity index (χ1v) is 13.9. The van der Waals surface area contributed by atoms with Crippen LogP contribution in [0.4, 0.5) is 5.69 Å². The van der Waals surface area contributed by atoms with E-state index >= 15 is 0 Å². The summed E-state index contributed by atoms with van der Waals surface area (Å²) in [5.74, 6) is 0.702. The van der Waals surface area contributed by atoms with E-state index in [2.05, 4.69) is 10.3 Å². The molecule has 1 saturated carbocycles. The number of para-hydroxylation sites is 1. The maximum Gasteiger partial charge on any atom is 0.248 e. The second-order valence-electron chi connectivity index (χ2n) is 9.60. The molecule has 8 heteroatoms. The zero-order valence-electron chi connectivity index (χ0n) is 21.7. The van der Waals surface area contributed by atoms with E-state index < -0.39 is 6.04 Å². The van der Waals surface area contributed by atoms with Crippen LogP contribution in [-0.4, -0.2) is 37.1 Å². The molecule has 38 heavy (non-hydrogen) atoms. The third-order valence-corrected chi connectivity index (χ3v) is 8.13. The molecule has 0 bridgehead atoms. The Labute approximate surface area is 226 Å². The van der Waals surface area contributed by atoms with Gasteiger partial charge in [0.25, 0.3) is 0 Å². The molecule has 0 spiro atoms. The van der Waals surface area contributed by atoms with Gasteiger partial charge in [-0.2, -0.15) is 0 Å². The average Bonchev–Trinajstić information content (AvgIpc) is 3.62. The molecule has 0 radical (unpaired) electrons. The number of aromatic amines is 1. The van der Waals surface area contributed by atoms with Gasteiger partial charge in [0.05, 0.1) is 20.6 Å². The van der Waals surface area contributed by atoms with Crippen LogP contribution >= 0.6 is 11.3 Å². The lowest BCUT2D eigenvalue weighted by molar-refractivity contribution is -0.127. The number of methoxy groups -OCH3 is 2. The third kappa shape index (κ3) is 5.41. The molecule has 2 aromatic carbocycles. The zero-order valence-corrected chi connectivity index (χ0v) is 22.6. The lowest BCUT2D eigenvalue weighted by Crippen LogP contribution is -2.47. The summed E-state index contributed by atoms with van der Waals surface area (Å²) < 4.78 is 11.0. The fraction of sp³-hybridized carbons (Fsp3) is 0.333. The minimum absolute atomic E-state index is 0.120. The van der Waals surface area contributed by atoms with Gasteiger partial charge in [0, 0.05) is 39.8 Å². The molecule has 2 heterocycles. The molecule has 1 aliphatic carbocycles. The maximum absolute atomic E-state index is 14.2. The van der Waals surface area contributed by atoms with E-state index in [-0.39, 0.29) is 24.3 Å². The molecule has 0 saturated heterocycles. The maximum atomic E-state index is 14.2. The number of rotatable bonds is 9. The highest BCUT2D eigenvalue weighted by Gasteiger charge is 2.35. The SMILES string of the molecule is COc1ccc(N(C(=O)Cc2c[nH]c3ccccc23)[C@@H](C(=O)NC2CCCCC2)c2cccs2)cc1OC. The number of carbonyl (C=O) groups excluding carboxylic acids is 2. The fourth-order valence-corrected chi connectivity index (χ4v) is 6.10. The minimum atomic E-state index is -0.812. The van der Waals surface area contributed by atoms with Crippen molar-refractivity contribution in [1.82, 2.24) is 10.3 Å². The van der Waals surface area contributed by atoms with Gasteiger partial charge in [-0.05, 0) is 48.1 Å². The topological polar surface area (TPSA) is 83.7 Å². The van der Waals surface area contributed by atoms with Crippen LogP contribution in [0.5, 0.6) is 11.5 Å². The summed E-state index contributed by atoms with van der Waals surface area (Å²) in [6, 6.07) is 16.4. The molecule has 5 rings (SSSR count). The molecule has 198 valence electrons. The average molecular weight is 532 g/mol. The molecule has 2 N–H and O–H groups in total. The van der Waals surface area contributed by atoms with Crippen molar-refractivity contribution < 1.29 is 19.1 Å². The molecule has 7 nitrogen and oxygen atoms in total. The number of nitrogens with zero attached hydrogens (tertiary/aromatic N) is 1. The lowest BCUT2D eigenvalue weighted by atomic mass is 9.95. The number of benzene rings is 2. The number of hydrogen-bond donors (Lipinski definition) is 2. The van der Waals surface area contributed by atoms with Gasteiger partial charge in [0.1, 0.15) is 6.04 Å². The number of carbonyl (C=O) groups is 2. The first-order valence-electron chi connectivity index (χ1n) is 13.0. The van der Waals surface area contributed by atoms with Crippen molar-refractivity contribution in [1.29, 1.82) is 0 Å². The lowest BCUT2D eigenvalue weighted by Gasteiger charge is -2.33. The standard InChI is InChI=1S/C30H33N3O4S/c1-36-25-15-14-22(18-26(25)37-2)33(28(34)17-20-19-31-24-12-7-6-11-23(20)24)29(27-13-8-16-38-27)30(35)32-21-9-4-3-5-10-21/h6-8,11-16,18-19,21,29,31H,3-5,9-10,17H2,1-2H3,(H,32,35)/t29-/m1/s1. The number of anilines is 1. The largest absolute Gasteiger partial charge is 0.493 e. The van der Waals surface area contributed by atoms with E-state index in [4.69, 9.17) is 9.47 Å². The molecule has 0 aliphatic heterocycles. The molecular formula is C30H33N3O4S. The second-order valence-corrected chi connectivity index (χ2v) is 10.6. The van der Waals surface area contributed by atoms with Crippen molar-refractivity contribution in [3.05, 3.63) is 76.6 Å². The van der Waals surface area contributed by atoms with Crippen LogP contribution in [0.3, 0.4) is 0 Å². The van der Waals surface area contributed by atoms with Crippen LogP contribution in [0.25, 0.3) is 10.9 Å². The normalized spacial score (nSPS) is 14.7. The molecule has 2 amide bonds. The van der Waals surface area contributed by atoms with Gasteiger partial charge in [0.2, 0.25) is 11.8 Å². The summed E-state index contributed by atoms with van der Waals surface area (Å²) in [6.07, 6.45) is 7.34. The Morgan fingerprint density at radius 1 is 1.03 bits per heavy atom. The summed E-state index contributed by atoms with van der Waals surface area (Å²) in [6.45, 7) is 0. The van der Waals surface area contributed by atoms with Crippen LogP contribution in [-0.2, 0) is 16.0 Å². The highest BCUT2D eigenvalue weighted by Crippen LogP contribution is 2.37. The Kier molecular flexibility index (Phi) is 7.98. The quantitative estimate of drug-likeness (QED) is 0.277. The molecule has 2 aromatic heterocycles. The second kappa shape index (κ2) is 11.7. The van der Waals surface area contributed by atoms with Crippen LogP contribution in [0.15, 0.2) is 66.2 Å². The predicted octanol–water partition coefficient (Wildman–Crippen LogP) is 6.01. The Balaban J connectivity index is 1.56. The number of H-pyrrole nitrogens is 1. The monoisotopic (exact) mass is 531 g/mol. The first-order chi connectivity index (χ1) is 18.6. The number of amides is 2. The van der Waals surface area contributed by atoms with Crippen molar-refractivity contribution in [2.45, 2.75) is 50.6 Å². The minimum Gasteiger partial charge on any atom is -0.493 e. The van der Waals surface area contributed by atoms with Crippen molar-refractivity contribution in [2.24, 2.45) is 0 Å². The van der Waals surface area contributed by atoms with Gasteiger partial charge >= 0.3 is 0 Å². The molecule has 1 atom stereocenters. The van der Waals surface area contributed by atoms with Crippen molar-refractivity contribution in [3.63, 3.8) is 0 Å². The molecule has 1 fully saturated rings. The van der Waals surface area contributed by atoms with Crippen LogP contribution in [0.1, 0.15) is 48.6 Å². The number of fused-ring (bicyclic) bond motifs is 1. The number of nitrogens with one attached hydrogen (secondary N) is 2. The number of aromatic nitrogens is 1. The Bertz CT molecular complexity index is 1390. The van der Waals surface area contributed by atoms with Gasteiger partial charge in [-0.15, -0.1) is 11.3 Å². The van der Waals surface area contributed by atoms with E-state index in [0.717, 1.165) is 47.0 Å². The molecular weight excluding hydrogens is 498 g/mol. The van der Waals surface area contributed by atoms with Gasteiger partial charge in [0.15, 0.2) is 11.5 Å². The van der Waals surface area contributed by atoms with Crippen molar-refractivity contribution >= 4 is 39.7 Å². The Morgan fingerprint density at radius 3 is 2.55 bits per heavy atom. The summed E-state index contributed by atoms with van der Waals surface area (Å²) in [5.41, 5.74) is 2.43. The Hall–Kier alpha value is -3.78. The number of thiophene rings is 1. The van der Waals surface area contributed by atoms with E-state index in [0.29, 0.717) is 17.2 Å². The summed E-state index contributed by atoms with van der Waals surface area (Å²) in [5, 5.41) is 6.19. The van der Waals surface area contributed by atoms with E-state index in [9.17, 15) is 9.59 Å². The molecule has 1 aliphatic rings. The predicted molar refractivity (Wildman–Crippen MR) is 151 cm³/mol. The van der Waals surface area contributed by atoms with Crippen LogP contribution in [0.2, 0.25) is 0 Å². The van der Waals surface area contributed by atoms with Gasteiger partial charge in [-0.3, -0.25) is 14.5 Å². The van der Waals surface area contributed by atoms with E-state index in [1.807, 2.05) is 54.0 Å². The molecule has 0 unspecified atom stereocenters. The highest BCUT2D eigenvalue weighted by atomic mass is 32.1. The Morgan fingerprint density at radius 2 is 1.82 bits per heavy atom.